The van der Waals surface area contributed by atoms with Crippen molar-refractivity contribution in [3.63, 3.8) is 0 Å². The minimum atomic E-state index is -0.0340. The third kappa shape index (κ3) is 3.18. The number of nitrogens with one attached hydrogen (secondary N) is 1. The maximum absolute atomic E-state index is 12.7. The number of aryl methyl sites for hydroxylation is 1. The maximum Gasteiger partial charge on any atom is 0.227 e. The molecule has 1 aliphatic rings. The van der Waals surface area contributed by atoms with E-state index in [2.05, 4.69) is 53.2 Å². The molecule has 140 valence electrons. The molecule has 0 aliphatic carbocycles. The Bertz CT molecular complexity index is 1010. The van der Waals surface area contributed by atoms with Crippen LogP contribution in [0.15, 0.2) is 42.5 Å². The molecule has 0 saturated carbocycles. The van der Waals surface area contributed by atoms with Crippen LogP contribution in [0.4, 0.5) is 5.69 Å². The molecule has 2 aromatic carbocycles. The third-order valence-electron chi connectivity index (χ3n) is 5.67. The Morgan fingerprint density at radius 2 is 1.74 bits per heavy atom. The maximum atomic E-state index is 12.7. The minimum absolute atomic E-state index is 0.0340. The average Bonchev–Trinajstić information content (AvgIpc) is 3.01. The zero-order valence-electron chi connectivity index (χ0n) is 15.9. The summed E-state index contributed by atoms with van der Waals surface area (Å²) in [6, 6.07) is 14.5. The van der Waals surface area contributed by atoms with Gasteiger partial charge in [0, 0.05) is 60.0 Å². The van der Waals surface area contributed by atoms with E-state index in [1.165, 1.54) is 16.4 Å². The first kappa shape index (κ1) is 17.6. The van der Waals surface area contributed by atoms with E-state index < -0.39 is 0 Å². The summed E-state index contributed by atoms with van der Waals surface area (Å²) in [5.74, 6) is 0.108. The van der Waals surface area contributed by atoms with Crippen LogP contribution in [0.25, 0.3) is 21.8 Å². The van der Waals surface area contributed by atoms with Gasteiger partial charge in [-0.25, -0.2) is 0 Å². The first-order valence-corrected chi connectivity index (χ1v) is 9.66. The summed E-state index contributed by atoms with van der Waals surface area (Å²) in [4.78, 5) is 25.9. The van der Waals surface area contributed by atoms with Crippen molar-refractivity contribution in [2.24, 2.45) is 5.92 Å². The van der Waals surface area contributed by atoms with E-state index in [4.69, 9.17) is 0 Å². The topological polar surface area (TPSA) is 54.3 Å². The lowest BCUT2D eigenvalue weighted by Gasteiger charge is -2.30. The van der Waals surface area contributed by atoms with Crippen molar-refractivity contribution in [3.05, 3.63) is 42.5 Å². The molecule has 1 aromatic heterocycles. The Balaban J connectivity index is 1.57. The number of rotatable bonds is 3. The predicted molar refractivity (Wildman–Crippen MR) is 109 cm³/mol. The van der Waals surface area contributed by atoms with Gasteiger partial charge in [-0.1, -0.05) is 18.2 Å². The summed E-state index contributed by atoms with van der Waals surface area (Å²) in [5.41, 5.74) is 3.24. The SMILES string of the molecule is CCn1c2ccccc2c2cc(NC(=O)C3CCN(C(C)=O)CC3)ccc21. The normalized spacial score (nSPS) is 15.4. The van der Waals surface area contributed by atoms with Crippen molar-refractivity contribution in [2.75, 3.05) is 18.4 Å². The molecule has 0 atom stereocenters. The molecule has 1 fully saturated rings. The Hall–Kier alpha value is -2.82. The van der Waals surface area contributed by atoms with Crippen LogP contribution in [0.1, 0.15) is 26.7 Å². The Kier molecular flexibility index (Phi) is 4.60. The Morgan fingerprint density at radius 3 is 2.44 bits per heavy atom. The second-order valence-corrected chi connectivity index (χ2v) is 7.26. The van der Waals surface area contributed by atoms with Crippen LogP contribution in [0.3, 0.4) is 0 Å². The predicted octanol–water partition coefficient (Wildman–Crippen LogP) is 4.01. The molecule has 0 unspecified atom stereocenters. The first-order chi connectivity index (χ1) is 13.1. The minimum Gasteiger partial charge on any atom is -0.343 e. The first-order valence-electron chi connectivity index (χ1n) is 9.66. The molecule has 2 heterocycles. The second kappa shape index (κ2) is 7.06. The summed E-state index contributed by atoms with van der Waals surface area (Å²) in [6.07, 6.45) is 1.45. The molecule has 1 aliphatic heterocycles. The van der Waals surface area contributed by atoms with Crippen LogP contribution >= 0.6 is 0 Å². The number of nitrogens with zero attached hydrogens (tertiary/aromatic N) is 2. The van der Waals surface area contributed by atoms with E-state index >= 15 is 0 Å². The number of benzene rings is 2. The number of anilines is 1. The number of hydrogen-bond donors (Lipinski definition) is 1. The lowest BCUT2D eigenvalue weighted by molar-refractivity contribution is -0.132. The quantitative estimate of drug-likeness (QED) is 0.764. The summed E-state index contributed by atoms with van der Waals surface area (Å²) >= 11 is 0. The van der Waals surface area contributed by atoms with E-state index in [1.807, 2.05) is 11.0 Å². The number of hydrogen-bond acceptors (Lipinski definition) is 2. The molecular weight excluding hydrogens is 338 g/mol. The molecule has 3 aromatic rings. The molecular formula is C22H25N3O2. The van der Waals surface area contributed by atoms with Gasteiger partial charge >= 0.3 is 0 Å². The second-order valence-electron chi connectivity index (χ2n) is 7.26. The van der Waals surface area contributed by atoms with Gasteiger partial charge in [0.1, 0.15) is 0 Å². The van der Waals surface area contributed by atoms with Crippen molar-refractivity contribution in [1.82, 2.24) is 9.47 Å². The molecule has 0 bridgehead atoms. The van der Waals surface area contributed by atoms with Crippen molar-refractivity contribution < 1.29 is 9.59 Å². The molecule has 4 rings (SSSR count). The lowest BCUT2D eigenvalue weighted by Crippen LogP contribution is -2.40. The zero-order valence-corrected chi connectivity index (χ0v) is 15.9. The molecule has 0 radical (unpaired) electrons. The molecule has 1 N–H and O–H groups in total. The third-order valence-corrected chi connectivity index (χ3v) is 5.67. The smallest absolute Gasteiger partial charge is 0.227 e. The number of fused-ring (bicyclic) bond motifs is 3. The zero-order chi connectivity index (χ0) is 19.0. The van der Waals surface area contributed by atoms with E-state index in [1.54, 1.807) is 6.92 Å². The van der Waals surface area contributed by atoms with Gasteiger partial charge in [0.15, 0.2) is 0 Å². The lowest BCUT2D eigenvalue weighted by atomic mass is 9.95. The standard InChI is InChI=1S/C22H25N3O2/c1-3-25-20-7-5-4-6-18(20)19-14-17(8-9-21(19)25)23-22(27)16-10-12-24(13-11-16)15(2)26/h4-9,14,16H,3,10-13H2,1-2H3,(H,23,27). The largest absolute Gasteiger partial charge is 0.343 e. The molecule has 1 saturated heterocycles. The van der Waals surface area contributed by atoms with Crippen LogP contribution in [-0.2, 0) is 16.1 Å². The number of carbonyl (C=O) groups excluding carboxylic acids is 2. The molecule has 5 heteroatoms. The van der Waals surface area contributed by atoms with E-state index in [-0.39, 0.29) is 17.7 Å². The van der Waals surface area contributed by atoms with Gasteiger partial charge in [0.2, 0.25) is 11.8 Å². The number of aromatic nitrogens is 1. The Morgan fingerprint density at radius 1 is 1.04 bits per heavy atom. The number of para-hydroxylation sites is 1. The number of likely N-dealkylation sites (tertiary alicyclic amines) is 1. The van der Waals surface area contributed by atoms with Crippen molar-refractivity contribution in [1.29, 1.82) is 0 Å². The summed E-state index contributed by atoms with van der Waals surface area (Å²) in [5, 5.41) is 5.46. The highest BCUT2D eigenvalue weighted by atomic mass is 16.2. The van der Waals surface area contributed by atoms with Crippen LogP contribution in [0.2, 0.25) is 0 Å². The van der Waals surface area contributed by atoms with Gasteiger partial charge in [0.25, 0.3) is 0 Å². The monoisotopic (exact) mass is 363 g/mol. The highest BCUT2D eigenvalue weighted by Crippen LogP contribution is 2.31. The van der Waals surface area contributed by atoms with Gasteiger partial charge in [-0.3, -0.25) is 9.59 Å². The van der Waals surface area contributed by atoms with Gasteiger partial charge in [-0.2, -0.15) is 0 Å². The van der Waals surface area contributed by atoms with E-state index in [0.717, 1.165) is 30.5 Å². The molecule has 0 spiro atoms. The fourth-order valence-electron chi connectivity index (χ4n) is 4.17. The van der Waals surface area contributed by atoms with E-state index in [9.17, 15) is 9.59 Å². The highest BCUT2D eigenvalue weighted by molar-refractivity contribution is 6.09. The van der Waals surface area contributed by atoms with Crippen LogP contribution in [-0.4, -0.2) is 34.4 Å². The molecule has 2 amide bonds. The van der Waals surface area contributed by atoms with Gasteiger partial charge in [-0.05, 0) is 44.0 Å². The van der Waals surface area contributed by atoms with Crippen molar-refractivity contribution in [2.45, 2.75) is 33.2 Å². The summed E-state index contributed by atoms with van der Waals surface area (Å²) in [6.45, 7) is 5.97. The fourth-order valence-corrected chi connectivity index (χ4v) is 4.17. The average molecular weight is 363 g/mol. The number of carbonyl (C=O) groups is 2. The van der Waals surface area contributed by atoms with Gasteiger partial charge in [-0.15, -0.1) is 0 Å². The van der Waals surface area contributed by atoms with Crippen molar-refractivity contribution in [3.8, 4) is 0 Å². The van der Waals surface area contributed by atoms with Crippen molar-refractivity contribution >= 4 is 39.3 Å². The van der Waals surface area contributed by atoms with Crippen LogP contribution in [0.5, 0.6) is 0 Å². The van der Waals surface area contributed by atoms with Gasteiger partial charge < -0.3 is 14.8 Å². The van der Waals surface area contributed by atoms with E-state index in [0.29, 0.717) is 13.1 Å². The Labute approximate surface area is 158 Å². The van der Waals surface area contributed by atoms with Crippen LogP contribution < -0.4 is 5.32 Å². The molecule has 27 heavy (non-hydrogen) atoms. The fraction of sp³-hybridized carbons (Fsp3) is 0.364. The summed E-state index contributed by atoms with van der Waals surface area (Å²) < 4.78 is 2.30. The number of piperidine rings is 1. The van der Waals surface area contributed by atoms with Crippen LogP contribution in [0, 0.1) is 5.92 Å². The highest BCUT2D eigenvalue weighted by Gasteiger charge is 2.26. The molecule has 5 nitrogen and oxygen atoms in total. The summed E-state index contributed by atoms with van der Waals surface area (Å²) in [7, 11) is 0. The number of amides is 2. The van der Waals surface area contributed by atoms with Gasteiger partial charge in [0.05, 0.1) is 0 Å².